The monoisotopic (exact) mass is 444 g/mol. The summed E-state index contributed by atoms with van der Waals surface area (Å²) >= 11 is 4.39. The van der Waals surface area contributed by atoms with Crippen LogP contribution in [0, 0.1) is 0 Å². The molecule has 2 aromatic carbocycles. The van der Waals surface area contributed by atoms with E-state index in [1.54, 1.807) is 31.4 Å². The average molecular weight is 445 g/mol. The molecule has 0 bridgehead atoms. The van der Waals surface area contributed by atoms with Gasteiger partial charge in [0, 0.05) is 15.8 Å². The van der Waals surface area contributed by atoms with Crippen molar-refractivity contribution in [3.63, 3.8) is 0 Å². The summed E-state index contributed by atoms with van der Waals surface area (Å²) in [6.45, 7) is 0. The second-order valence-corrected chi connectivity index (χ2v) is 6.80. The summed E-state index contributed by atoms with van der Waals surface area (Å²) in [5, 5.41) is 1.11. The summed E-state index contributed by atoms with van der Waals surface area (Å²) in [5.41, 5.74) is 0.0545. The van der Waals surface area contributed by atoms with Crippen LogP contribution in [0.4, 0.5) is 13.2 Å². The van der Waals surface area contributed by atoms with E-state index < -0.39 is 11.7 Å². The van der Waals surface area contributed by atoms with E-state index in [0.717, 1.165) is 33.0 Å². The van der Waals surface area contributed by atoms with Gasteiger partial charge in [-0.25, -0.2) is 0 Å². The number of benzene rings is 2. The van der Waals surface area contributed by atoms with Crippen molar-refractivity contribution in [2.24, 2.45) is 0 Å². The number of ether oxygens (including phenoxy) is 2. The Labute approximate surface area is 162 Å². The first-order chi connectivity index (χ1) is 12.4. The summed E-state index contributed by atoms with van der Waals surface area (Å²) in [4.78, 5) is 0.551. The van der Waals surface area contributed by atoms with E-state index >= 15 is 0 Å². The van der Waals surface area contributed by atoms with Crippen molar-refractivity contribution in [1.82, 2.24) is 0 Å². The Balaban J connectivity index is 0.000000228. The SMILES string of the molecule is COc1ccccc1-c1cc(C(F)(F)F)cs1.COc1ccccc1Br. The van der Waals surface area contributed by atoms with Crippen LogP contribution in [0.25, 0.3) is 10.4 Å². The van der Waals surface area contributed by atoms with E-state index in [1.807, 2.05) is 24.3 Å². The molecule has 0 spiro atoms. The molecule has 0 aliphatic heterocycles. The van der Waals surface area contributed by atoms with Crippen molar-refractivity contribution in [3.05, 3.63) is 70.0 Å². The van der Waals surface area contributed by atoms with E-state index in [-0.39, 0.29) is 0 Å². The Bertz CT molecular complexity index is 847. The molecule has 1 aromatic heterocycles. The van der Waals surface area contributed by atoms with Gasteiger partial charge >= 0.3 is 6.18 Å². The first-order valence-electron chi connectivity index (χ1n) is 7.44. The number of halogens is 4. The Kier molecular flexibility index (Phi) is 7.11. The summed E-state index contributed by atoms with van der Waals surface area (Å²) in [6, 6.07) is 15.9. The minimum Gasteiger partial charge on any atom is -0.496 e. The van der Waals surface area contributed by atoms with Crippen molar-refractivity contribution in [3.8, 4) is 21.9 Å². The van der Waals surface area contributed by atoms with Gasteiger partial charge in [-0.15, -0.1) is 11.3 Å². The molecule has 0 saturated heterocycles. The van der Waals surface area contributed by atoms with Crippen LogP contribution in [0.2, 0.25) is 0 Å². The van der Waals surface area contributed by atoms with Crippen molar-refractivity contribution in [1.29, 1.82) is 0 Å². The molecule has 0 N–H and O–H groups in total. The lowest BCUT2D eigenvalue weighted by molar-refractivity contribution is -0.137. The molecule has 0 fully saturated rings. The largest absolute Gasteiger partial charge is 0.496 e. The van der Waals surface area contributed by atoms with Crippen LogP contribution < -0.4 is 9.47 Å². The summed E-state index contributed by atoms with van der Waals surface area (Å²) < 4.78 is 48.5. The van der Waals surface area contributed by atoms with Gasteiger partial charge in [-0.05, 0) is 46.3 Å². The smallest absolute Gasteiger partial charge is 0.417 e. The lowest BCUT2D eigenvalue weighted by Crippen LogP contribution is -2.01. The highest BCUT2D eigenvalue weighted by Gasteiger charge is 2.31. The third kappa shape index (κ3) is 5.25. The first-order valence-corrected chi connectivity index (χ1v) is 9.11. The van der Waals surface area contributed by atoms with Gasteiger partial charge in [-0.3, -0.25) is 0 Å². The van der Waals surface area contributed by atoms with Crippen molar-refractivity contribution >= 4 is 27.3 Å². The Hall–Kier alpha value is -1.99. The maximum atomic E-state index is 12.5. The lowest BCUT2D eigenvalue weighted by Gasteiger charge is -2.05. The van der Waals surface area contributed by atoms with E-state index in [0.29, 0.717) is 16.2 Å². The van der Waals surface area contributed by atoms with Gasteiger partial charge in [0.2, 0.25) is 0 Å². The molecule has 26 heavy (non-hydrogen) atoms. The van der Waals surface area contributed by atoms with Crippen LogP contribution in [0.5, 0.6) is 11.5 Å². The van der Waals surface area contributed by atoms with Gasteiger partial charge in [-0.2, -0.15) is 13.2 Å². The molecule has 2 nitrogen and oxygen atoms in total. The number of hydrogen-bond acceptors (Lipinski definition) is 3. The Morgan fingerprint density at radius 2 is 1.46 bits per heavy atom. The van der Waals surface area contributed by atoms with Crippen molar-refractivity contribution < 1.29 is 22.6 Å². The third-order valence-electron chi connectivity index (χ3n) is 3.36. The fourth-order valence-electron chi connectivity index (χ4n) is 2.08. The summed E-state index contributed by atoms with van der Waals surface area (Å²) in [6.07, 6.45) is -4.29. The molecule has 7 heteroatoms. The van der Waals surface area contributed by atoms with E-state index in [1.165, 1.54) is 7.11 Å². The van der Waals surface area contributed by atoms with Crippen LogP contribution in [0.1, 0.15) is 5.56 Å². The number of rotatable bonds is 3. The van der Waals surface area contributed by atoms with Gasteiger partial charge in [0.25, 0.3) is 0 Å². The van der Waals surface area contributed by atoms with Crippen molar-refractivity contribution in [2.75, 3.05) is 14.2 Å². The predicted molar refractivity (Wildman–Crippen MR) is 102 cm³/mol. The van der Waals surface area contributed by atoms with E-state index in [9.17, 15) is 13.2 Å². The molecule has 0 aliphatic rings. The van der Waals surface area contributed by atoms with Crippen LogP contribution >= 0.6 is 27.3 Å². The Morgan fingerprint density at radius 3 is 1.96 bits per heavy atom. The molecule has 0 radical (unpaired) electrons. The van der Waals surface area contributed by atoms with Gasteiger partial charge in [0.1, 0.15) is 11.5 Å². The maximum absolute atomic E-state index is 12.5. The molecule has 0 amide bonds. The standard InChI is InChI=1S/C12H9F3OS.C7H7BrO/c1-16-10-5-3-2-4-9(10)11-6-8(7-17-11)12(13,14)15;1-9-7-5-3-2-4-6(7)8/h2-7H,1H3;2-5H,1H3. The number of alkyl halides is 3. The summed E-state index contributed by atoms with van der Waals surface area (Å²) in [7, 11) is 3.15. The van der Waals surface area contributed by atoms with Crippen LogP contribution in [0.15, 0.2) is 64.5 Å². The quantitative estimate of drug-likeness (QED) is 0.437. The molecule has 0 atom stereocenters. The van der Waals surface area contributed by atoms with Gasteiger partial charge < -0.3 is 9.47 Å². The molecule has 138 valence electrons. The van der Waals surface area contributed by atoms with Gasteiger partial charge in [0.15, 0.2) is 0 Å². The van der Waals surface area contributed by atoms with Crippen LogP contribution in [-0.2, 0) is 6.18 Å². The summed E-state index contributed by atoms with van der Waals surface area (Å²) in [5.74, 6) is 1.44. The first kappa shape index (κ1) is 20.3. The second kappa shape index (κ2) is 9.09. The average Bonchev–Trinajstić information content (AvgIpc) is 3.13. The maximum Gasteiger partial charge on any atom is 0.417 e. The minimum absolute atomic E-state index is 0.551. The highest BCUT2D eigenvalue weighted by molar-refractivity contribution is 9.10. The topological polar surface area (TPSA) is 18.5 Å². The zero-order valence-electron chi connectivity index (χ0n) is 14.0. The predicted octanol–water partition coefficient (Wildman–Crippen LogP) is 6.90. The number of hydrogen-bond donors (Lipinski definition) is 0. The fourth-order valence-corrected chi connectivity index (χ4v) is 3.48. The van der Waals surface area contributed by atoms with Gasteiger partial charge in [0.05, 0.1) is 24.3 Å². The molecule has 1 heterocycles. The number of thiophene rings is 1. The van der Waals surface area contributed by atoms with Gasteiger partial charge in [-0.1, -0.05) is 24.3 Å². The molecule has 0 unspecified atom stereocenters. The van der Waals surface area contributed by atoms with Crippen molar-refractivity contribution in [2.45, 2.75) is 6.18 Å². The molecule has 3 rings (SSSR count). The second-order valence-electron chi connectivity index (χ2n) is 5.03. The van der Waals surface area contributed by atoms with Crippen LogP contribution in [0.3, 0.4) is 0 Å². The molecule has 3 aromatic rings. The Morgan fingerprint density at radius 1 is 0.885 bits per heavy atom. The normalized spacial score (nSPS) is 10.7. The zero-order valence-corrected chi connectivity index (χ0v) is 16.4. The molecule has 0 aliphatic carbocycles. The zero-order chi connectivity index (χ0) is 19.2. The fraction of sp³-hybridized carbons (Fsp3) is 0.158. The highest BCUT2D eigenvalue weighted by atomic mass is 79.9. The minimum atomic E-state index is -4.29. The lowest BCUT2D eigenvalue weighted by atomic mass is 10.1. The van der Waals surface area contributed by atoms with E-state index in [4.69, 9.17) is 9.47 Å². The molecular formula is C19H16BrF3O2S. The molecular weight excluding hydrogens is 429 g/mol. The highest BCUT2D eigenvalue weighted by Crippen LogP contribution is 2.39. The van der Waals surface area contributed by atoms with Crippen LogP contribution in [-0.4, -0.2) is 14.2 Å². The number of para-hydroxylation sites is 2. The number of methoxy groups -OCH3 is 2. The third-order valence-corrected chi connectivity index (χ3v) is 4.97. The molecule has 0 saturated carbocycles. The van der Waals surface area contributed by atoms with E-state index in [2.05, 4.69) is 15.9 Å².